The summed E-state index contributed by atoms with van der Waals surface area (Å²) in [5, 5.41) is 19.0. The summed E-state index contributed by atoms with van der Waals surface area (Å²) in [6, 6.07) is 5.51. The molecule has 4 nitrogen and oxygen atoms in total. The predicted molar refractivity (Wildman–Crippen MR) is 85.7 cm³/mol. The molecule has 0 fully saturated rings. The second kappa shape index (κ2) is 6.36. The van der Waals surface area contributed by atoms with Gasteiger partial charge in [0.25, 0.3) is 0 Å². The average molecular weight is 328 g/mol. The zero-order chi connectivity index (χ0) is 15.6. The number of aryl methyl sites for hydroxylation is 1. The van der Waals surface area contributed by atoms with Crippen LogP contribution in [0.4, 0.5) is 0 Å². The van der Waals surface area contributed by atoms with Crippen molar-refractivity contribution in [3.63, 3.8) is 0 Å². The number of nitrogens with one attached hydrogen (secondary N) is 1. The Morgan fingerprint density at radius 2 is 2.14 bits per heavy atom. The summed E-state index contributed by atoms with van der Waals surface area (Å²) in [5.41, 5.74) is 0.668. The lowest BCUT2D eigenvalue weighted by Gasteiger charge is -2.25. The molecule has 2 aromatic rings. The van der Waals surface area contributed by atoms with E-state index in [0.29, 0.717) is 16.6 Å². The molecule has 0 aliphatic heterocycles. The van der Waals surface area contributed by atoms with E-state index >= 15 is 0 Å². The summed E-state index contributed by atoms with van der Waals surface area (Å²) in [6.45, 7) is 4.11. The van der Waals surface area contributed by atoms with Crippen LogP contribution in [0, 0.1) is 0 Å². The zero-order valence-electron chi connectivity index (χ0n) is 12.3. The first-order valence-corrected chi connectivity index (χ1v) is 7.45. The minimum atomic E-state index is -1.01. The fourth-order valence-corrected chi connectivity index (χ4v) is 2.59. The highest BCUT2D eigenvalue weighted by atomic mass is 35.5. The summed E-state index contributed by atoms with van der Waals surface area (Å²) in [4.78, 5) is 0. The molecule has 0 amide bonds. The van der Waals surface area contributed by atoms with Crippen molar-refractivity contribution < 1.29 is 5.11 Å². The molecule has 0 saturated heterocycles. The molecule has 0 saturated carbocycles. The minimum Gasteiger partial charge on any atom is -0.384 e. The van der Waals surface area contributed by atoms with Crippen LogP contribution in [0.1, 0.15) is 31.0 Å². The highest BCUT2D eigenvalue weighted by Gasteiger charge is 2.25. The SMILES string of the molecule is CC(NCC(C)(O)c1cnn(C)c1)c1cccc(Cl)c1Cl. The van der Waals surface area contributed by atoms with Crippen molar-refractivity contribution in [2.24, 2.45) is 7.05 Å². The van der Waals surface area contributed by atoms with Crippen molar-refractivity contribution >= 4 is 23.2 Å². The maximum Gasteiger partial charge on any atom is 0.102 e. The van der Waals surface area contributed by atoms with Crippen molar-refractivity contribution in [1.29, 1.82) is 0 Å². The van der Waals surface area contributed by atoms with Crippen molar-refractivity contribution in [2.45, 2.75) is 25.5 Å². The van der Waals surface area contributed by atoms with Crippen LogP contribution in [0.15, 0.2) is 30.6 Å². The first kappa shape index (κ1) is 16.3. The van der Waals surface area contributed by atoms with Crippen LogP contribution in [0.25, 0.3) is 0 Å². The van der Waals surface area contributed by atoms with Gasteiger partial charge < -0.3 is 10.4 Å². The molecule has 114 valence electrons. The highest BCUT2D eigenvalue weighted by Crippen LogP contribution is 2.30. The van der Waals surface area contributed by atoms with Gasteiger partial charge in [0.1, 0.15) is 5.60 Å². The van der Waals surface area contributed by atoms with Gasteiger partial charge in [0.15, 0.2) is 0 Å². The molecule has 2 atom stereocenters. The van der Waals surface area contributed by atoms with E-state index < -0.39 is 5.60 Å². The predicted octanol–water partition coefficient (Wildman–Crippen LogP) is 3.29. The third-order valence-electron chi connectivity index (χ3n) is 3.53. The van der Waals surface area contributed by atoms with Gasteiger partial charge in [0, 0.05) is 31.4 Å². The molecule has 1 heterocycles. The largest absolute Gasteiger partial charge is 0.384 e. The van der Waals surface area contributed by atoms with Crippen LogP contribution < -0.4 is 5.32 Å². The normalized spacial score (nSPS) is 15.7. The number of aromatic nitrogens is 2. The van der Waals surface area contributed by atoms with Crippen molar-refractivity contribution in [3.8, 4) is 0 Å². The van der Waals surface area contributed by atoms with Crippen LogP contribution in [-0.4, -0.2) is 21.4 Å². The lowest BCUT2D eigenvalue weighted by molar-refractivity contribution is 0.0543. The van der Waals surface area contributed by atoms with E-state index in [2.05, 4.69) is 10.4 Å². The van der Waals surface area contributed by atoms with Crippen LogP contribution in [0.3, 0.4) is 0 Å². The lowest BCUT2D eigenvalue weighted by atomic mass is 9.98. The van der Waals surface area contributed by atoms with Crippen LogP contribution in [0.2, 0.25) is 10.0 Å². The number of aliphatic hydroxyl groups is 1. The Morgan fingerprint density at radius 3 is 2.76 bits per heavy atom. The van der Waals surface area contributed by atoms with Crippen LogP contribution in [-0.2, 0) is 12.6 Å². The van der Waals surface area contributed by atoms with Gasteiger partial charge in [-0.15, -0.1) is 0 Å². The Labute approximate surface area is 134 Å². The molecular formula is C15H19Cl2N3O. The number of hydrogen-bond donors (Lipinski definition) is 2. The third kappa shape index (κ3) is 3.77. The first-order valence-electron chi connectivity index (χ1n) is 6.70. The van der Waals surface area contributed by atoms with E-state index in [9.17, 15) is 5.11 Å². The molecule has 0 bridgehead atoms. The standard InChI is InChI=1S/C15H19Cl2N3O/c1-10(12-5-4-6-13(16)14(12)17)18-9-15(2,21)11-7-19-20(3)8-11/h4-8,10,18,21H,9H2,1-3H3. The molecule has 6 heteroatoms. The van der Waals surface area contributed by atoms with Gasteiger partial charge in [-0.05, 0) is 25.5 Å². The Bertz CT molecular complexity index is 625. The Hall–Kier alpha value is -1.07. The molecule has 0 aliphatic rings. The molecular weight excluding hydrogens is 309 g/mol. The van der Waals surface area contributed by atoms with Crippen LogP contribution >= 0.6 is 23.2 Å². The van der Waals surface area contributed by atoms with E-state index in [1.54, 1.807) is 30.1 Å². The molecule has 0 aliphatic carbocycles. The molecule has 2 rings (SSSR count). The fraction of sp³-hybridized carbons (Fsp3) is 0.400. The maximum absolute atomic E-state index is 10.5. The summed E-state index contributed by atoms with van der Waals surface area (Å²) < 4.78 is 1.67. The summed E-state index contributed by atoms with van der Waals surface area (Å²) >= 11 is 12.2. The highest BCUT2D eigenvalue weighted by molar-refractivity contribution is 6.42. The maximum atomic E-state index is 10.5. The first-order chi connectivity index (χ1) is 9.81. The van der Waals surface area contributed by atoms with Crippen molar-refractivity contribution in [2.75, 3.05) is 6.54 Å². The van der Waals surface area contributed by atoms with E-state index in [4.69, 9.17) is 23.2 Å². The molecule has 2 N–H and O–H groups in total. The number of nitrogens with zero attached hydrogens (tertiary/aromatic N) is 2. The van der Waals surface area contributed by atoms with E-state index in [1.807, 2.05) is 26.1 Å². The number of rotatable bonds is 5. The smallest absolute Gasteiger partial charge is 0.102 e. The van der Waals surface area contributed by atoms with Gasteiger partial charge in [-0.2, -0.15) is 5.10 Å². The van der Waals surface area contributed by atoms with E-state index in [0.717, 1.165) is 11.1 Å². The monoisotopic (exact) mass is 327 g/mol. The quantitative estimate of drug-likeness (QED) is 0.885. The number of benzene rings is 1. The van der Waals surface area contributed by atoms with E-state index in [1.165, 1.54) is 0 Å². The van der Waals surface area contributed by atoms with Gasteiger partial charge in [-0.25, -0.2) is 0 Å². The molecule has 1 aromatic heterocycles. The van der Waals surface area contributed by atoms with Crippen LogP contribution in [0.5, 0.6) is 0 Å². The lowest BCUT2D eigenvalue weighted by Crippen LogP contribution is -2.36. The fourth-order valence-electron chi connectivity index (χ4n) is 2.12. The van der Waals surface area contributed by atoms with Gasteiger partial charge in [0.2, 0.25) is 0 Å². The summed E-state index contributed by atoms with van der Waals surface area (Å²) in [7, 11) is 1.82. The Morgan fingerprint density at radius 1 is 1.43 bits per heavy atom. The average Bonchev–Trinajstić information content (AvgIpc) is 2.87. The number of halogens is 2. The molecule has 2 unspecified atom stereocenters. The second-order valence-electron chi connectivity index (χ2n) is 5.42. The van der Waals surface area contributed by atoms with Gasteiger partial charge in [-0.3, -0.25) is 4.68 Å². The molecule has 21 heavy (non-hydrogen) atoms. The van der Waals surface area contributed by atoms with Gasteiger partial charge >= 0.3 is 0 Å². The molecule has 1 aromatic carbocycles. The van der Waals surface area contributed by atoms with Crippen molar-refractivity contribution in [3.05, 3.63) is 51.8 Å². The molecule has 0 spiro atoms. The van der Waals surface area contributed by atoms with Gasteiger partial charge in [-0.1, -0.05) is 35.3 Å². The molecule has 0 radical (unpaired) electrons. The third-order valence-corrected chi connectivity index (χ3v) is 4.36. The summed E-state index contributed by atoms with van der Waals surface area (Å²) in [5.74, 6) is 0. The van der Waals surface area contributed by atoms with Gasteiger partial charge in [0.05, 0.1) is 16.2 Å². The number of hydrogen-bond acceptors (Lipinski definition) is 3. The topological polar surface area (TPSA) is 50.1 Å². The Kier molecular flexibility index (Phi) is 4.94. The van der Waals surface area contributed by atoms with Crippen molar-refractivity contribution in [1.82, 2.24) is 15.1 Å². The van der Waals surface area contributed by atoms with E-state index in [-0.39, 0.29) is 6.04 Å². The zero-order valence-corrected chi connectivity index (χ0v) is 13.8. The second-order valence-corrected chi connectivity index (χ2v) is 6.21. The minimum absolute atomic E-state index is 0.0284. The Balaban J connectivity index is 2.07. The summed E-state index contributed by atoms with van der Waals surface area (Å²) in [6.07, 6.45) is 3.47.